The summed E-state index contributed by atoms with van der Waals surface area (Å²) in [6, 6.07) is 1.15. The number of piperidine rings is 1. The van der Waals surface area contributed by atoms with Gasteiger partial charge >= 0.3 is 0 Å². The van der Waals surface area contributed by atoms with Crippen LogP contribution in [0.4, 0.5) is 0 Å². The lowest BCUT2D eigenvalue weighted by atomic mass is 9.91. The zero-order valence-electron chi connectivity index (χ0n) is 11.7. The summed E-state index contributed by atoms with van der Waals surface area (Å²) in [5.41, 5.74) is 0. The first-order valence-corrected chi connectivity index (χ1v) is 7.26. The van der Waals surface area contributed by atoms with Crippen molar-refractivity contribution in [1.82, 2.24) is 10.2 Å². The van der Waals surface area contributed by atoms with E-state index in [4.69, 9.17) is 4.74 Å². The van der Waals surface area contributed by atoms with Crippen molar-refractivity contribution in [3.8, 4) is 0 Å². The molecule has 1 N–H and O–H groups in total. The number of hydrogen-bond donors (Lipinski definition) is 1. The van der Waals surface area contributed by atoms with Gasteiger partial charge in [0.1, 0.15) is 0 Å². The van der Waals surface area contributed by atoms with Crippen molar-refractivity contribution in [2.75, 3.05) is 26.3 Å². The van der Waals surface area contributed by atoms with Crippen molar-refractivity contribution in [3.05, 3.63) is 0 Å². The maximum absolute atomic E-state index is 11.3. The Morgan fingerprint density at radius 1 is 1.22 bits per heavy atom. The zero-order valence-corrected chi connectivity index (χ0v) is 11.7. The fourth-order valence-electron chi connectivity index (χ4n) is 3.08. The van der Waals surface area contributed by atoms with Crippen molar-refractivity contribution in [1.29, 1.82) is 0 Å². The van der Waals surface area contributed by atoms with Gasteiger partial charge in [-0.3, -0.25) is 4.79 Å². The van der Waals surface area contributed by atoms with Crippen molar-refractivity contribution >= 4 is 5.91 Å². The molecule has 2 saturated heterocycles. The Bertz CT molecular complexity index is 269. The van der Waals surface area contributed by atoms with Crippen LogP contribution in [0.15, 0.2) is 0 Å². The molecular weight excluding hydrogens is 228 g/mol. The monoisotopic (exact) mass is 254 g/mol. The molecule has 2 rings (SSSR count). The van der Waals surface area contributed by atoms with Gasteiger partial charge < -0.3 is 15.0 Å². The molecule has 2 aliphatic rings. The van der Waals surface area contributed by atoms with Gasteiger partial charge in [-0.1, -0.05) is 0 Å². The van der Waals surface area contributed by atoms with E-state index in [1.807, 2.05) is 4.90 Å². The highest BCUT2D eigenvalue weighted by Gasteiger charge is 2.25. The molecular formula is C14H26N2O2. The number of ether oxygens (including phenoxy) is 1. The number of hydrogen-bond acceptors (Lipinski definition) is 3. The summed E-state index contributed by atoms with van der Waals surface area (Å²) in [6.45, 7) is 7.62. The molecule has 0 bridgehead atoms. The van der Waals surface area contributed by atoms with E-state index in [1.165, 1.54) is 12.8 Å². The molecule has 0 aliphatic carbocycles. The van der Waals surface area contributed by atoms with Crippen LogP contribution in [-0.2, 0) is 9.53 Å². The maximum Gasteiger partial charge on any atom is 0.219 e. The van der Waals surface area contributed by atoms with Crippen molar-refractivity contribution in [3.63, 3.8) is 0 Å². The predicted molar refractivity (Wildman–Crippen MR) is 71.4 cm³/mol. The van der Waals surface area contributed by atoms with Gasteiger partial charge in [0, 0.05) is 45.3 Å². The molecule has 1 unspecified atom stereocenters. The molecule has 4 heteroatoms. The number of likely N-dealkylation sites (tertiary alicyclic amines) is 1. The van der Waals surface area contributed by atoms with E-state index < -0.39 is 0 Å². The first kappa shape index (κ1) is 13.8. The van der Waals surface area contributed by atoms with Gasteiger partial charge in [-0.15, -0.1) is 0 Å². The first-order chi connectivity index (χ1) is 8.66. The second-order valence-electron chi connectivity index (χ2n) is 5.69. The Morgan fingerprint density at radius 2 is 1.83 bits per heavy atom. The van der Waals surface area contributed by atoms with E-state index >= 15 is 0 Å². The van der Waals surface area contributed by atoms with Crippen LogP contribution in [0.5, 0.6) is 0 Å². The van der Waals surface area contributed by atoms with Crippen LogP contribution in [0.1, 0.15) is 39.5 Å². The average molecular weight is 254 g/mol. The van der Waals surface area contributed by atoms with Crippen LogP contribution in [-0.4, -0.2) is 49.2 Å². The highest BCUT2D eigenvalue weighted by atomic mass is 16.5. The molecule has 1 atom stereocenters. The summed E-state index contributed by atoms with van der Waals surface area (Å²) in [7, 11) is 0. The van der Waals surface area contributed by atoms with Gasteiger partial charge in [0.05, 0.1) is 0 Å². The predicted octanol–water partition coefficient (Wildman–Crippen LogP) is 1.40. The highest BCUT2D eigenvalue weighted by molar-refractivity contribution is 5.73. The van der Waals surface area contributed by atoms with Gasteiger partial charge in [0.15, 0.2) is 0 Å². The van der Waals surface area contributed by atoms with Crippen molar-refractivity contribution in [2.45, 2.75) is 51.6 Å². The smallest absolute Gasteiger partial charge is 0.219 e. The molecule has 104 valence electrons. The topological polar surface area (TPSA) is 41.6 Å². The lowest BCUT2D eigenvalue weighted by Crippen LogP contribution is -2.49. The Balaban J connectivity index is 1.71. The Morgan fingerprint density at radius 3 is 2.39 bits per heavy atom. The second-order valence-corrected chi connectivity index (χ2v) is 5.69. The molecule has 2 aliphatic heterocycles. The van der Waals surface area contributed by atoms with Crippen LogP contribution >= 0.6 is 0 Å². The minimum Gasteiger partial charge on any atom is -0.381 e. The number of carbonyl (C=O) groups excluding carboxylic acids is 1. The van der Waals surface area contributed by atoms with Crippen molar-refractivity contribution < 1.29 is 9.53 Å². The molecule has 0 aromatic heterocycles. The average Bonchev–Trinajstić information content (AvgIpc) is 2.40. The second kappa shape index (κ2) is 6.53. The van der Waals surface area contributed by atoms with E-state index in [0.29, 0.717) is 12.1 Å². The molecule has 0 radical (unpaired) electrons. The van der Waals surface area contributed by atoms with E-state index in [9.17, 15) is 4.79 Å². The van der Waals surface area contributed by atoms with Gasteiger partial charge in [0.25, 0.3) is 0 Å². The summed E-state index contributed by atoms with van der Waals surface area (Å²) < 4.78 is 5.41. The summed E-state index contributed by atoms with van der Waals surface area (Å²) >= 11 is 0. The number of nitrogens with zero attached hydrogens (tertiary/aromatic N) is 1. The van der Waals surface area contributed by atoms with E-state index in [1.54, 1.807) is 6.92 Å². The van der Waals surface area contributed by atoms with Gasteiger partial charge in [-0.2, -0.15) is 0 Å². The molecule has 2 heterocycles. The van der Waals surface area contributed by atoms with Crippen LogP contribution in [0.3, 0.4) is 0 Å². The molecule has 0 aromatic rings. The summed E-state index contributed by atoms with van der Waals surface area (Å²) in [5.74, 6) is 0.968. The van der Waals surface area contributed by atoms with E-state index in [0.717, 1.165) is 45.1 Å². The third-order valence-corrected chi connectivity index (χ3v) is 4.41. The molecule has 4 nitrogen and oxygen atoms in total. The Hall–Kier alpha value is -0.610. The normalized spacial score (nSPS) is 25.1. The fourth-order valence-corrected chi connectivity index (χ4v) is 3.08. The van der Waals surface area contributed by atoms with Crippen LogP contribution in [0, 0.1) is 5.92 Å². The lowest BCUT2D eigenvalue weighted by molar-refractivity contribution is -0.129. The van der Waals surface area contributed by atoms with E-state index in [2.05, 4.69) is 12.2 Å². The molecule has 0 saturated carbocycles. The minimum atomic E-state index is 0.214. The third-order valence-electron chi connectivity index (χ3n) is 4.41. The number of amides is 1. The summed E-state index contributed by atoms with van der Waals surface area (Å²) in [6.07, 6.45) is 4.54. The quantitative estimate of drug-likeness (QED) is 0.828. The summed E-state index contributed by atoms with van der Waals surface area (Å²) in [5, 5.41) is 3.75. The van der Waals surface area contributed by atoms with Gasteiger partial charge in [0.2, 0.25) is 5.91 Å². The van der Waals surface area contributed by atoms with Crippen molar-refractivity contribution in [2.24, 2.45) is 5.92 Å². The summed E-state index contributed by atoms with van der Waals surface area (Å²) in [4.78, 5) is 13.2. The molecule has 0 spiro atoms. The third kappa shape index (κ3) is 3.69. The molecule has 18 heavy (non-hydrogen) atoms. The SMILES string of the molecule is CC(=O)N1CCC(NC(C)C2CCOCC2)CC1. The number of nitrogens with one attached hydrogen (secondary N) is 1. The standard InChI is InChI=1S/C14H26N2O2/c1-11(13-5-9-18-10-6-13)15-14-3-7-16(8-4-14)12(2)17/h11,13-15H,3-10H2,1-2H3. The largest absolute Gasteiger partial charge is 0.381 e. The molecule has 2 fully saturated rings. The van der Waals surface area contributed by atoms with Crippen LogP contribution < -0.4 is 5.32 Å². The maximum atomic E-state index is 11.3. The first-order valence-electron chi connectivity index (χ1n) is 7.26. The van der Waals surface area contributed by atoms with E-state index in [-0.39, 0.29) is 5.91 Å². The van der Waals surface area contributed by atoms with Gasteiger partial charge in [-0.25, -0.2) is 0 Å². The Labute approximate surface area is 110 Å². The lowest BCUT2D eigenvalue weighted by Gasteiger charge is -2.36. The van der Waals surface area contributed by atoms with Crippen LogP contribution in [0.2, 0.25) is 0 Å². The minimum absolute atomic E-state index is 0.214. The fraction of sp³-hybridized carbons (Fsp3) is 0.929. The zero-order chi connectivity index (χ0) is 13.0. The number of carbonyl (C=O) groups is 1. The molecule has 0 aromatic carbocycles. The van der Waals surface area contributed by atoms with Crippen LogP contribution in [0.25, 0.3) is 0 Å². The van der Waals surface area contributed by atoms with Gasteiger partial charge in [-0.05, 0) is 38.5 Å². The Kier molecular flexibility index (Phi) is 5.01. The number of rotatable bonds is 3. The highest BCUT2D eigenvalue weighted by Crippen LogP contribution is 2.20. The molecule has 1 amide bonds.